The molecule has 0 N–H and O–H groups in total. The Balaban J connectivity index is 1.56. The number of nitrogens with zero attached hydrogens (tertiary/aromatic N) is 5. The Bertz CT molecular complexity index is 2810. The topological polar surface area (TPSA) is 58.9 Å². The molecule has 192 valence electrons. The largest absolute Gasteiger partial charge is 0.308 e. The zero-order valence-electron chi connectivity index (χ0n) is 22.2. The predicted molar refractivity (Wildman–Crippen MR) is 171 cm³/mol. The van der Waals surface area contributed by atoms with Crippen molar-refractivity contribution < 1.29 is 0 Å². The van der Waals surface area contributed by atoms with Crippen molar-refractivity contribution in [1.29, 1.82) is 5.26 Å². The van der Waals surface area contributed by atoms with E-state index in [1.54, 1.807) is 0 Å². The fourth-order valence-corrected chi connectivity index (χ4v) is 7.21. The standard InChI is InChI=1S/C37H19N5/c38-20-29-37(40-28-14-6-5-13-27(28)39-29)42-32-19-26-23-11-3-7-15-30(23)41-31-16-8-4-12-24(31)34(36(26)41)33(32)25-18-17-21-9-1-2-10-22(21)35(25)42/h1-19H. The maximum atomic E-state index is 10.4. The molecule has 0 spiro atoms. The van der Waals surface area contributed by atoms with Crippen molar-refractivity contribution in [3.63, 3.8) is 0 Å². The third-order valence-corrected chi connectivity index (χ3v) is 8.86. The maximum Gasteiger partial charge on any atom is 0.184 e. The van der Waals surface area contributed by atoms with E-state index in [9.17, 15) is 5.26 Å². The van der Waals surface area contributed by atoms with Crippen LogP contribution in [0, 0.1) is 11.3 Å². The first-order chi connectivity index (χ1) is 20.8. The summed E-state index contributed by atoms with van der Waals surface area (Å²) in [4.78, 5) is 9.90. The van der Waals surface area contributed by atoms with Gasteiger partial charge >= 0.3 is 0 Å². The summed E-state index contributed by atoms with van der Waals surface area (Å²) in [6.07, 6.45) is 0. The van der Waals surface area contributed by atoms with Crippen LogP contribution in [0.25, 0.3) is 87.5 Å². The van der Waals surface area contributed by atoms with E-state index in [0.717, 1.165) is 38.1 Å². The van der Waals surface area contributed by atoms with Gasteiger partial charge in [0.15, 0.2) is 11.5 Å². The minimum atomic E-state index is 0.305. The summed E-state index contributed by atoms with van der Waals surface area (Å²) in [5, 5.41) is 19.8. The van der Waals surface area contributed by atoms with Gasteiger partial charge in [-0.25, -0.2) is 9.97 Å². The molecule has 0 fully saturated rings. The Morgan fingerprint density at radius 1 is 0.524 bits per heavy atom. The van der Waals surface area contributed by atoms with Gasteiger partial charge in [0.2, 0.25) is 0 Å². The molecule has 4 heterocycles. The highest BCUT2D eigenvalue weighted by atomic mass is 15.1. The molecule has 10 rings (SSSR count). The number of nitriles is 1. The number of hydrogen-bond acceptors (Lipinski definition) is 3. The van der Waals surface area contributed by atoms with Crippen LogP contribution in [0.4, 0.5) is 0 Å². The fourth-order valence-electron chi connectivity index (χ4n) is 7.21. The van der Waals surface area contributed by atoms with E-state index >= 15 is 0 Å². The van der Waals surface area contributed by atoms with Gasteiger partial charge in [-0.1, -0.05) is 84.9 Å². The third kappa shape index (κ3) is 2.53. The highest BCUT2D eigenvalue weighted by Gasteiger charge is 2.26. The molecule has 0 aliphatic rings. The van der Waals surface area contributed by atoms with Crippen molar-refractivity contribution >= 4 is 81.7 Å². The molecule has 0 atom stereocenters. The van der Waals surface area contributed by atoms with Gasteiger partial charge in [-0.2, -0.15) is 5.26 Å². The second kappa shape index (κ2) is 7.60. The van der Waals surface area contributed by atoms with Crippen molar-refractivity contribution in [2.24, 2.45) is 0 Å². The molecule has 5 heteroatoms. The second-order valence-electron chi connectivity index (χ2n) is 10.9. The molecule has 0 amide bonds. The first-order valence-electron chi connectivity index (χ1n) is 14.0. The lowest BCUT2D eigenvalue weighted by Gasteiger charge is -2.11. The van der Waals surface area contributed by atoms with Crippen LogP contribution in [0.3, 0.4) is 0 Å². The number of hydrogen-bond donors (Lipinski definition) is 0. The number of benzene rings is 6. The van der Waals surface area contributed by atoms with Gasteiger partial charge < -0.3 is 4.40 Å². The minimum absolute atomic E-state index is 0.305. The molecule has 42 heavy (non-hydrogen) atoms. The Hall–Kier alpha value is -5.99. The summed E-state index contributed by atoms with van der Waals surface area (Å²) in [5.41, 5.74) is 7.43. The Labute approximate surface area is 238 Å². The van der Waals surface area contributed by atoms with Gasteiger partial charge in [-0.15, -0.1) is 0 Å². The number of rotatable bonds is 1. The second-order valence-corrected chi connectivity index (χ2v) is 10.9. The van der Waals surface area contributed by atoms with E-state index in [0.29, 0.717) is 17.0 Å². The normalized spacial score (nSPS) is 12.3. The van der Waals surface area contributed by atoms with Crippen molar-refractivity contribution in [3.05, 3.63) is 121 Å². The van der Waals surface area contributed by atoms with E-state index in [4.69, 9.17) is 9.97 Å². The van der Waals surface area contributed by atoms with Gasteiger partial charge in [-0.05, 0) is 35.7 Å². The molecule has 0 unspecified atom stereocenters. The molecule has 0 saturated heterocycles. The minimum Gasteiger partial charge on any atom is -0.308 e. The Morgan fingerprint density at radius 2 is 1.19 bits per heavy atom. The Morgan fingerprint density at radius 3 is 2.00 bits per heavy atom. The molecule has 0 radical (unpaired) electrons. The quantitative estimate of drug-likeness (QED) is 0.212. The summed E-state index contributed by atoms with van der Waals surface area (Å²) in [6.45, 7) is 0. The molecule has 5 nitrogen and oxygen atoms in total. The van der Waals surface area contributed by atoms with Crippen LogP contribution in [0.2, 0.25) is 0 Å². The molecule has 0 aliphatic heterocycles. The van der Waals surface area contributed by atoms with Crippen LogP contribution in [-0.4, -0.2) is 18.9 Å². The fraction of sp³-hybridized carbons (Fsp3) is 0. The van der Waals surface area contributed by atoms with Gasteiger partial charge in [0.25, 0.3) is 0 Å². The van der Waals surface area contributed by atoms with Crippen LogP contribution < -0.4 is 0 Å². The monoisotopic (exact) mass is 533 g/mol. The van der Waals surface area contributed by atoms with Crippen LogP contribution in [0.5, 0.6) is 0 Å². The lowest BCUT2D eigenvalue weighted by atomic mass is 10.0. The van der Waals surface area contributed by atoms with Gasteiger partial charge in [0, 0.05) is 37.7 Å². The summed E-state index contributed by atoms with van der Waals surface area (Å²) < 4.78 is 4.60. The molecule has 0 saturated carbocycles. The molecular formula is C37H19N5. The zero-order chi connectivity index (χ0) is 27.5. The Kier molecular flexibility index (Phi) is 3.94. The lowest BCUT2D eigenvalue weighted by molar-refractivity contribution is 1.06. The van der Waals surface area contributed by atoms with Gasteiger partial charge in [0.1, 0.15) is 6.07 Å². The van der Waals surface area contributed by atoms with Gasteiger partial charge in [-0.3, -0.25) is 4.57 Å². The van der Waals surface area contributed by atoms with Crippen molar-refractivity contribution in [2.45, 2.75) is 0 Å². The molecule has 6 aromatic carbocycles. The van der Waals surface area contributed by atoms with E-state index in [1.807, 2.05) is 24.3 Å². The smallest absolute Gasteiger partial charge is 0.184 e. The van der Waals surface area contributed by atoms with Crippen molar-refractivity contribution in [1.82, 2.24) is 18.9 Å². The summed E-state index contributed by atoms with van der Waals surface area (Å²) in [7, 11) is 0. The molecule has 10 aromatic rings. The third-order valence-electron chi connectivity index (χ3n) is 8.86. The molecular weight excluding hydrogens is 514 g/mol. The summed E-state index contributed by atoms with van der Waals surface area (Å²) >= 11 is 0. The van der Waals surface area contributed by atoms with E-state index in [2.05, 4.69) is 106 Å². The number of para-hydroxylation sites is 4. The van der Waals surface area contributed by atoms with Gasteiger partial charge in [0.05, 0.1) is 38.6 Å². The first-order valence-corrected chi connectivity index (χ1v) is 14.0. The molecule has 0 aliphatic carbocycles. The summed E-state index contributed by atoms with van der Waals surface area (Å²) in [5.74, 6) is 0.550. The van der Waals surface area contributed by atoms with Crippen LogP contribution in [0.15, 0.2) is 115 Å². The SMILES string of the molecule is N#Cc1nc2ccccc2nc1-n1c2cc3c4ccccc4n4c5ccccc5c(c2c2ccc5ccccc5c21)c34. The van der Waals surface area contributed by atoms with Crippen LogP contribution in [0.1, 0.15) is 5.69 Å². The van der Waals surface area contributed by atoms with Crippen LogP contribution in [-0.2, 0) is 0 Å². The molecule has 4 aromatic heterocycles. The van der Waals surface area contributed by atoms with E-state index in [1.165, 1.54) is 38.1 Å². The van der Waals surface area contributed by atoms with Crippen molar-refractivity contribution in [2.75, 3.05) is 0 Å². The van der Waals surface area contributed by atoms with E-state index < -0.39 is 0 Å². The van der Waals surface area contributed by atoms with Crippen LogP contribution >= 0.6 is 0 Å². The average molecular weight is 534 g/mol. The summed E-state index contributed by atoms with van der Waals surface area (Å²) in [6, 6.07) is 42.6. The lowest BCUT2D eigenvalue weighted by Crippen LogP contribution is -2.04. The van der Waals surface area contributed by atoms with Crippen molar-refractivity contribution in [3.8, 4) is 11.9 Å². The molecule has 0 bridgehead atoms. The number of fused-ring (bicyclic) bond motifs is 13. The highest BCUT2D eigenvalue weighted by Crippen LogP contribution is 2.47. The zero-order valence-corrected chi connectivity index (χ0v) is 22.2. The average Bonchev–Trinajstić information content (AvgIpc) is 3.68. The highest BCUT2D eigenvalue weighted by molar-refractivity contribution is 6.37. The number of aromatic nitrogens is 4. The predicted octanol–water partition coefficient (Wildman–Crippen LogP) is 8.90. The first kappa shape index (κ1) is 21.8. The van der Waals surface area contributed by atoms with E-state index in [-0.39, 0.29) is 0 Å². The maximum absolute atomic E-state index is 10.4.